The van der Waals surface area contributed by atoms with Crippen molar-refractivity contribution in [3.05, 3.63) is 29.1 Å². The Morgan fingerprint density at radius 3 is 3.11 bits per heavy atom. The Balaban J connectivity index is 1.63. The molecule has 0 amide bonds. The summed E-state index contributed by atoms with van der Waals surface area (Å²) in [6.07, 6.45) is 4.01. The lowest BCUT2D eigenvalue weighted by Crippen LogP contribution is -2.37. The summed E-state index contributed by atoms with van der Waals surface area (Å²) in [6.45, 7) is 5.89. The van der Waals surface area contributed by atoms with E-state index in [1.165, 1.54) is 5.56 Å². The molecule has 3 rings (SSSR count). The fraction of sp³-hybridized carbons (Fsp3) is 0.583. The molecule has 96 valence electrons. The summed E-state index contributed by atoms with van der Waals surface area (Å²) >= 11 is 0. The van der Waals surface area contributed by atoms with E-state index in [1.807, 2.05) is 20.0 Å². The van der Waals surface area contributed by atoms with Crippen molar-refractivity contribution in [1.29, 1.82) is 0 Å². The van der Waals surface area contributed by atoms with Gasteiger partial charge in [0.05, 0.1) is 6.20 Å². The smallest absolute Gasteiger partial charge is 0.133 e. The van der Waals surface area contributed by atoms with Gasteiger partial charge >= 0.3 is 0 Å². The molecule has 6 heteroatoms. The highest BCUT2D eigenvalue weighted by Crippen LogP contribution is 2.15. The normalized spacial score (nSPS) is 18.9. The Hall–Kier alpha value is -1.69. The van der Waals surface area contributed by atoms with Crippen LogP contribution in [0.15, 0.2) is 6.20 Å². The number of rotatable bonds is 3. The fourth-order valence-corrected chi connectivity index (χ4v) is 2.44. The van der Waals surface area contributed by atoms with E-state index in [2.05, 4.69) is 30.3 Å². The first kappa shape index (κ1) is 11.4. The van der Waals surface area contributed by atoms with Gasteiger partial charge < -0.3 is 9.88 Å². The zero-order chi connectivity index (χ0) is 12.5. The van der Waals surface area contributed by atoms with Crippen LogP contribution in [0.25, 0.3) is 0 Å². The lowest BCUT2D eigenvalue weighted by molar-refractivity contribution is 0.375. The van der Waals surface area contributed by atoms with Gasteiger partial charge in [-0.15, -0.1) is 10.2 Å². The van der Waals surface area contributed by atoms with Crippen LogP contribution in [-0.4, -0.2) is 31.0 Å². The zero-order valence-corrected chi connectivity index (χ0v) is 10.8. The quantitative estimate of drug-likeness (QED) is 0.837. The maximum Gasteiger partial charge on any atom is 0.133 e. The maximum atomic E-state index is 4.19. The molecule has 1 atom stereocenters. The summed E-state index contributed by atoms with van der Waals surface area (Å²) in [7, 11) is 0. The van der Waals surface area contributed by atoms with Crippen molar-refractivity contribution < 1.29 is 0 Å². The van der Waals surface area contributed by atoms with E-state index in [4.69, 9.17) is 0 Å². The SMILES string of the molecule is Cc1[nH]ncc1CN[C@H]1CCc2nnc(C)n2C1. The van der Waals surface area contributed by atoms with Gasteiger partial charge in [0, 0.05) is 36.8 Å². The molecule has 18 heavy (non-hydrogen) atoms. The van der Waals surface area contributed by atoms with Crippen LogP contribution in [0.4, 0.5) is 0 Å². The Morgan fingerprint density at radius 1 is 1.44 bits per heavy atom. The van der Waals surface area contributed by atoms with Crippen LogP contribution < -0.4 is 5.32 Å². The van der Waals surface area contributed by atoms with Crippen LogP contribution in [0.1, 0.15) is 29.3 Å². The monoisotopic (exact) mass is 246 g/mol. The third-order valence-corrected chi connectivity index (χ3v) is 3.65. The Morgan fingerprint density at radius 2 is 2.33 bits per heavy atom. The molecule has 0 bridgehead atoms. The number of fused-ring (bicyclic) bond motifs is 1. The molecule has 6 nitrogen and oxygen atoms in total. The lowest BCUT2D eigenvalue weighted by Gasteiger charge is -2.24. The summed E-state index contributed by atoms with van der Waals surface area (Å²) in [4.78, 5) is 0. The first-order valence-corrected chi connectivity index (χ1v) is 6.35. The van der Waals surface area contributed by atoms with Crippen molar-refractivity contribution in [3.8, 4) is 0 Å². The summed E-state index contributed by atoms with van der Waals surface area (Å²) < 4.78 is 2.21. The number of aromatic nitrogens is 5. The molecule has 0 aliphatic carbocycles. The molecule has 2 aromatic heterocycles. The maximum absolute atomic E-state index is 4.19. The number of aryl methyl sites for hydroxylation is 3. The summed E-state index contributed by atoms with van der Waals surface area (Å²) in [5.74, 6) is 2.13. The van der Waals surface area contributed by atoms with Crippen LogP contribution >= 0.6 is 0 Å². The molecule has 1 aliphatic heterocycles. The lowest BCUT2D eigenvalue weighted by atomic mass is 10.1. The standard InChI is InChI=1S/C12H18N6/c1-8-10(6-14-15-8)5-13-11-3-4-12-17-16-9(2)18(12)7-11/h6,11,13H,3-5,7H2,1-2H3,(H,14,15)/t11-/m0/s1. The van der Waals surface area contributed by atoms with Gasteiger partial charge in [0.25, 0.3) is 0 Å². The molecular weight excluding hydrogens is 228 g/mol. The van der Waals surface area contributed by atoms with Gasteiger partial charge in [-0.2, -0.15) is 5.10 Å². The van der Waals surface area contributed by atoms with Crippen LogP contribution in [0.2, 0.25) is 0 Å². The van der Waals surface area contributed by atoms with Crippen LogP contribution in [0, 0.1) is 13.8 Å². The van der Waals surface area contributed by atoms with E-state index in [1.54, 1.807) is 0 Å². The minimum atomic E-state index is 0.487. The summed E-state index contributed by atoms with van der Waals surface area (Å²) in [5.41, 5.74) is 2.38. The molecule has 0 saturated heterocycles. The molecule has 2 aromatic rings. The molecule has 0 spiro atoms. The minimum absolute atomic E-state index is 0.487. The van der Waals surface area contributed by atoms with Gasteiger partial charge in [0.15, 0.2) is 0 Å². The van der Waals surface area contributed by atoms with E-state index < -0.39 is 0 Å². The second-order valence-corrected chi connectivity index (χ2v) is 4.91. The van der Waals surface area contributed by atoms with Gasteiger partial charge in [-0.05, 0) is 20.3 Å². The van der Waals surface area contributed by atoms with Crippen molar-refractivity contribution in [1.82, 2.24) is 30.3 Å². The van der Waals surface area contributed by atoms with Gasteiger partial charge in [-0.1, -0.05) is 0 Å². The number of H-pyrrole nitrogens is 1. The number of hydrogen-bond donors (Lipinski definition) is 2. The van der Waals surface area contributed by atoms with Gasteiger partial charge in [0.2, 0.25) is 0 Å². The zero-order valence-electron chi connectivity index (χ0n) is 10.8. The molecule has 0 aromatic carbocycles. The largest absolute Gasteiger partial charge is 0.314 e. The predicted molar refractivity (Wildman–Crippen MR) is 67.0 cm³/mol. The van der Waals surface area contributed by atoms with Crippen molar-refractivity contribution >= 4 is 0 Å². The molecule has 2 N–H and O–H groups in total. The van der Waals surface area contributed by atoms with Crippen LogP contribution in [0.3, 0.4) is 0 Å². The van der Waals surface area contributed by atoms with Crippen molar-refractivity contribution in [3.63, 3.8) is 0 Å². The Kier molecular flexibility index (Phi) is 2.87. The second-order valence-electron chi connectivity index (χ2n) is 4.91. The van der Waals surface area contributed by atoms with E-state index in [-0.39, 0.29) is 0 Å². The van der Waals surface area contributed by atoms with Gasteiger partial charge in [-0.25, -0.2) is 0 Å². The summed E-state index contributed by atoms with van der Waals surface area (Å²) in [5, 5.41) is 18.9. The Bertz CT molecular complexity index is 541. The van der Waals surface area contributed by atoms with Crippen LogP contribution in [-0.2, 0) is 19.5 Å². The van der Waals surface area contributed by atoms with Crippen molar-refractivity contribution in [2.75, 3.05) is 0 Å². The van der Waals surface area contributed by atoms with Gasteiger partial charge in [0.1, 0.15) is 11.6 Å². The average Bonchev–Trinajstić information content (AvgIpc) is 2.94. The summed E-state index contributed by atoms with van der Waals surface area (Å²) in [6, 6.07) is 0.487. The molecule has 0 saturated carbocycles. The van der Waals surface area contributed by atoms with Crippen LogP contribution in [0.5, 0.6) is 0 Å². The first-order chi connectivity index (χ1) is 8.74. The number of aromatic amines is 1. The predicted octanol–water partition coefficient (Wildman–Crippen LogP) is 0.723. The third kappa shape index (κ3) is 2.03. The van der Waals surface area contributed by atoms with E-state index in [9.17, 15) is 0 Å². The highest BCUT2D eigenvalue weighted by Gasteiger charge is 2.21. The van der Waals surface area contributed by atoms with Gasteiger partial charge in [-0.3, -0.25) is 5.10 Å². The molecular formula is C12H18N6. The van der Waals surface area contributed by atoms with E-state index in [0.29, 0.717) is 6.04 Å². The third-order valence-electron chi connectivity index (χ3n) is 3.65. The molecule has 3 heterocycles. The first-order valence-electron chi connectivity index (χ1n) is 6.35. The average molecular weight is 246 g/mol. The molecule has 0 fully saturated rings. The highest BCUT2D eigenvalue weighted by atomic mass is 15.3. The highest BCUT2D eigenvalue weighted by molar-refractivity contribution is 5.14. The number of hydrogen-bond acceptors (Lipinski definition) is 4. The number of nitrogens with one attached hydrogen (secondary N) is 2. The van der Waals surface area contributed by atoms with Crippen molar-refractivity contribution in [2.45, 2.75) is 45.8 Å². The van der Waals surface area contributed by atoms with E-state index in [0.717, 1.165) is 43.3 Å². The Labute approximate surface area is 106 Å². The number of nitrogens with zero attached hydrogens (tertiary/aromatic N) is 4. The molecule has 1 aliphatic rings. The molecule has 0 unspecified atom stereocenters. The molecule has 0 radical (unpaired) electrons. The van der Waals surface area contributed by atoms with Crippen molar-refractivity contribution in [2.24, 2.45) is 0 Å². The second kappa shape index (κ2) is 4.53. The minimum Gasteiger partial charge on any atom is -0.314 e. The fourth-order valence-electron chi connectivity index (χ4n) is 2.44. The topological polar surface area (TPSA) is 71.4 Å². The van der Waals surface area contributed by atoms with E-state index >= 15 is 0 Å².